The van der Waals surface area contributed by atoms with E-state index in [1.165, 1.54) is 12.1 Å². The normalized spacial score (nSPS) is 11.4. The van der Waals surface area contributed by atoms with E-state index in [1.54, 1.807) is 19.9 Å². The fraction of sp³-hybridized carbons (Fsp3) is 0.308. The molecule has 0 heterocycles. The number of aromatic carboxylic acids is 1. The lowest BCUT2D eigenvalue weighted by Gasteiger charge is -2.09. The molecule has 5 nitrogen and oxygen atoms in total. The Kier molecular flexibility index (Phi) is 4.44. The van der Waals surface area contributed by atoms with Crippen molar-refractivity contribution in [3.05, 3.63) is 29.3 Å². The van der Waals surface area contributed by atoms with Crippen LogP contribution in [0.2, 0.25) is 0 Å². The van der Waals surface area contributed by atoms with Crippen molar-refractivity contribution in [1.82, 2.24) is 0 Å². The number of nitrogens with one attached hydrogen (secondary N) is 1. The van der Waals surface area contributed by atoms with Crippen LogP contribution in [0, 0.1) is 24.2 Å². The number of aryl methyl sites for hydroxylation is 1. The first-order valence-electron chi connectivity index (χ1n) is 5.54. The molecule has 0 aliphatic rings. The second kappa shape index (κ2) is 5.82. The number of amides is 1. The molecule has 0 aromatic heterocycles. The number of benzene rings is 1. The van der Waals surface area contributed by atoms with Crippen LogP contribution in [0.15, 0.2) is 18.2 Å². The number of carbonyl (C=O) groups is 2. The van der Waals surface area contributed by atoms with Gasteiger partial charge in [0.25, 0.3) is 0 Å². The van der Waals surface area contributed by atoms with Crippen LogP contribution in [0.4, 0.5) is 5.69 Å². The number of carboxylic acids is 1. The van der Waals surface area contributed by atoms with Crippen LogP contribution < -0.4 is 5.32 Å². The van der Waals surface area contributed by atoms with Crippen molar-refractivity contribution in [2.75, 3.05) is 5.32 Å². The van der Waals surface area contributed by atoms with E-state index in [9.17, 15) is 9.59 Å². The number of nitrogens with zero attached hydrogens (tertiary/aromatic N) is 1. The molecule has 0 radical (unpaired) electrons. The average molecular weight is 246 g/mol. The molecule has 0 bridgehead atoms. The minimum Gasteiger partial charge on any atom is -0.478 e. The second-order valence-corrected chi connectivity index (χ2v) is 3.91. The Morgan fingerprint density at radius 1 is 1.50 bits per heavy atom. The van der Waals surface area contributed by atoms with E-state index in [4.69, 9.17) is 10.4 Å². The molecule has 0 spiro atoms. The van der Waals surface area contributed by atoms with E-state index >= 15 is 0 Å². The molecule has 94 valence electrons. The summed E-state index contributed by atoms with van der Waals surface area (Å²) >= 11 is 0. The predicted molar refractivity (Wildman–Crippen MR) is 66.2 cm³/mol. The lowest BCUT2D eigenvalue weighted by atomic mass is 10.1. The van der Waals surface area contributed by atoms with Crippen molar-refractivity contribution in [2.24, 2.45) is 5.92 Å². The highest BCUT2D eigenvalue weighted by molar-refractivity contribution is 5.95. The van der Waals surface area contributed by atoms with Crippen LogP contribution in [0.5, 0.6) is 0 Å². The molecule has 1 amide bonds. The van der Waals surface area contributed by atoms with Gasteiger partial charge >= 0.3 is 5.97 Å². The highest BCUT2D eigenvalue weighted by Gasteiger charge is 2.16. The van der Waals surface area contributed by atoms with Crippen molar-refractivity contribution >= 4 is 17.6 Å². The summed E-state index contributed by atoms with van der Waals surface area (Å²) < 4.78 is 0. The third-order valence-electron chi connectivity index (χ3n) is 2.60. The Labute approximate surface area is 105 Å². The standard InChI is InChI=1S/C13H14N2O3/c1-3-9(7-14)12(16)15-10-4-5-11(13(17)18)8(2)6-10/h4-6,9H,3H2,1-2H3,(H,15,16)(H,17,18). The lowest BCUT2D eigenvalue weighted by Crippen LogP contribution is -2.21. The minimum absolute atomic E-state index is 0.195. The highest BCUT2D eigenvalue weighted by Crippen LogP contribution is 2.16. The molecule has 1 unspecified atom stereocenters. The van der Waals surface area contributed by atoms with Gasteiger partial charge in [0.15, 0.2) is 0 Å². The Morgan fingerprint density at radius 3 is 2.61 bits per heavy atom. The first-order chi connectivity index (χ1) is 8.49. The molecule has 1 aromatic rings. The summed E-state index contributed by atoms with van der Waals surface area (Å²) in [5, 5.41) is 20.2. The summed E-state index contributed by atoms with van der Waals surface area (Å²) in [6, 6.07) is 6.43. The molecule has 1 aromatic carbocycles. The number of rotatable bonds is 4. The zero-order chi connectivity index (χ0) is 13.7. The van der Waals surface area contributed by atoms with Gasteiger partial charge in [0.1, 0.15) is 5.92 Å². The maximum absolute atomic E-state index is 11.7. The first-order valence-corrected chi connectivity index (χ1v) is 5.54. The van der Waals surface area contributed by atoms with E-state index in [1.807, 2.05) is 6.07 Å². The van der Waals surface area contributed by atoms with Crippen LogP contribution in [0.1, 0.15) is 29.3 Å². The largest absolute Gasteiger partial charge is 0.478 e. The zero-order valence-electron chi connectivity index (χ0n) is 10.2. The maximum Gasteiger partial charge on any atom is 0.335 e. The van der Waals surface area contributed by atoms with Gasteiger partial charge < -0.3 is 10.4 Å². The first kappa shape index (κ1) is 13.7. The molecular weight excluding hydrogens is 232 g/mol. The van der Waals surface area contributed by atoms with Gasteiger partial charge in [-0.15, -0.1) is 0 Å². The fourth-order valence-corrected chi connectivity index (χ4v) is 1.55. The Morgan fingerprint density at radius 2 is 2.17 bits per heavy atom. The summed E-state index contributed by atoms with van der Waals surface area (Å²) in [5.74, 6) is -2.07. The van der Waals surface area contributed by atoms with E-state index < -0.39 is 11.9 Å². The van der Waals surface area contributed by atoms with Gasteiger partial charge in [0.2, 0.25) is 5.91 Å². The summed E-state index contributed by atoms with van der Waals surface area (Å²) in [5.41, 5.74) is 1.25. The van der Waals surface area contributed by atoms with E-state index in [-0.39, 0.29) is 11.5 Å². The van der Waals surface area contributed by atoms with Crippen LogP contribution in [-0.4, -0.2) is 17.0 Å². The van der Waals surface area contributed by atoms with Crippen molar-refractivity contribution in [3.63, 3.8) is 0 Å². The van der Waals surface area contributed by atoms with Gasteiger partial charge in [0.05, 0.1) is 11.6 Å². The van der Waals surface area contributed by atoms with Gasteiger partial charge in [-0.3, -0.25) is 4.79 Å². The Bertz CT molecular complexity index is 517. The van der Waals surface area contributed by atoms with Crippen molar-refractivity contribution < 1.29 is 14.7 Å². The lowest BCUT2D eigenvalue weighted by molar-refractivity contribution is -0.118. The van der Waals surface area contributed by atoms with E-state index in [2.05, 4.69) is 5.32 Å². The molecule has 0 fully saturated rings. The third kappa shape index (κ3) is 3.08. The van der Waals surface area contributed by atoms with Gasteiger partial charge in [-0.25, -0.2) is 4.79 Å². The number of carbonyl (C=O) groups excluding carboxylic acids is 1. The van der Waals surface area contributed by atoms with Crippen molar-refractivity contribution in [3.8, 4) is 6.07 Å². The summed E-state index contributed by atoms with van der Waals surface area (Å²) in [7, 11) is 0. The number of hydrogen-bond donors (Lipinski definition) is 2. The van der Waals surface area contributed by atoms with Crippen molar-refractivity contribution in [1.29, 1.82) is 5.26 Å². The Hall–Kier alpha value is -2.35. The number of carboxylic acid groups (broad SMARTS) is 1. The second-order valence-electron chi connectivity index (χ2n) is 3.91. The number of nitriles is 1. The van der Waals surface area contributed by atoms with Crippen molar-refractivity contribution in [2.45, 2.75) is 20.3 Å². The summed E-state index contributed by atoms with van der Waals surface area (Å²) in [4.78, 5) is 22.5. The van der Waals surface area contributed by atoms with Crippen LogP contribution in [0.3, 0.4) is 0 Å². The van der Waals surface area contributed by atoms with E-state index in [0.717, 1.165) is 0 Å². The molecule has 2 N–H and O–H groups in total. The highest BCUT2D eigenvalue weighted by atomic mass is 16.4. The molecule has 5 heteroatoms. The van der Waals surface area contributed by atoms with Crippen LogP contribution in [0.25, 0.3) is 0 Å². The van der Waals surface area contributed by atoms with Crippen LogP contribution >= 0.6 is 0 Å². The Balaban J connectivity index is 2.88. The molecule has 1 rings (SSSR count). The van der Waals surface area contributed by atoms with Gasteiger partial charge in [0, 0.05) is 5.69 Å². The predicted octanol–water partition coefficient (Wildman–Crippen LogP) is 2.18. The number of anilines is 1. The summed E-state index contributed by atoms with van der Waals surface area (Å²) in [6.07, 6.45) is 0.439. The SMILES string of the molecule is CCC(C#N)C(=O)Nc1ccc(C(=O)O)c(C)c1. The number of hydrogen-bond acceptors (Lipinski definition) is 3. The molecule has 0 aliphatic heterocycles. The quantitative estimate of drug-likeness (QED) is 0.851. The molecule has 0 saturated carbocycles. The topological polar surface area (TPSA) is 90.2 Å². The molecule has 0 aliphatic carbocycles. The maximum atomic E-state index is 11.7. The smallest absolute Gasteiger partial charge is 0.335 e. The molecular formula is C13H14N2O3. The van der Waals surface area contributed by atoms with E-state index in [0.29, 0.717) is 17.7 Å². The third-order valence-corrected chi connectivity index (χ3v) is 2.60. The zero-order valence-corrected chi connectivity index (χ0v) is 10.2. The van der Waals surface area contributed by atoms with Gasteiger partial charge in [-0.1, -0.05) is 6.92 Å². The molecule has 1 atom stereocenters. The fourth-order valence-electron chi connectivity index (χ4n) is 1.55. The van der Waals surface area contributed by atoms with Gasteiger partial charge in [-0.2, -0.15) is 5.26 Å². The average Bonchev–Trinajstić information content (AvgIpc) is 2.30. The monoisotopic (exact) mass is 246 g/mol. The summed E-state index contributed by atoms with van der Waals surface area (Å²) in [6.45, 7) is 3.41. The molecule has 18 heavy (non-hydrogen) atoms. The van der Waals surface area contributed by atoms with Crippen LogP contribution in [-0.2, 0) is 4.79 Å². The molecule has 0 saturated heterocycles. The van der Waals surface area contributed by atoms with Gasteiger partial charge in [-0.05, 0) is 37.1 Å². The minimum atomic E-state index is -1.01.